The molecule has 0 fully saturated rings. The Balaban J connectivity index is 5.27. The first-order valence-corrected chi connectivity index (χ1v) is 9.46. The van der Waals surface area contributed by atoms with Crippen molar-refractivity contribution in [2.24, 2.45) is 22.5 Å². The standard InChI is InChI=1S/C20H39NO2/c1-7-19(5,8-2)15-17(20(6,9-3)10-4)18(23)14-16(22)12-11-13-21/h17H,7-15,21H2,1-6H3. The molecule has 1 atom stereocenters. The van der Waals surface area contributed by atoms with Crippen LogP contribution in [-0.4, -0.2) is 18.1 Å². The first-order chi connectivity index (χ1) is 10.7. The molecule has 1 unspecified atom stereocenters. The smallest absolute Gasteiger partial charge is 0.143 e. The predicted octanol–water partition coefficient (Wildman–Crippen LogP) is 4.91. The number of hydrogen-bond donors (Lipinski definition) is 1. The van der Waals surface area contributed by atoms with Gasteiger partial charge in [0.15, 0.2) is 0 Å². The minimum absolute atomic E-state index is 0.0170. The number of carbonyl (C=O) groups is 2. The van der Waals surface area contributed by atoms with E-state index in [-0.39, 0.29) is 34.7 Å². The lowest BCUT2D eigenvalue weighted by atomic mass is 9.63. The first-order valence-electron chi connectivity index (χ1n) is 9.46. The van der Waals surface area contributed by atoms with Crippen LogP contribution in [-0.2, 0) is 9.59 Å². The summed E-state index contributed by atoms with van der Waals surface area (Å²) in [5.41, 5.74) is 5.62. The monoisotopic (exact) mass is 325 g/mol. The summed E-state index contributed by atoms with van der Waals surface area (Å²) in [4.78, 5) is 25.0. The molecule has 0 rings (SSSR count). The van der Waals surface area contributed by atoms with Gasteiger partial charge < -0.3 is 5.73 Å². The molecule has 0 aromatic carbocycles. The Kier molecular flexibility index (Phi) is 9.91. The van der Waals surface area contributed by atoms with Crippen LogP contribution >= 0.6 is 0 Å². The first kappa shape index (κ1) is 22.3. The van der Waals surface area contributed by atoms with E-state index < -0.39 is 0 Å². The highest BCUT2D eigenvalue weighted by atomic mass is 16.1. The Morgan fingerprint density at radius 2 is 1.48 bits per heavy atom. The average molecular weight is 326 g/mol. The van der Waals surface area contributed by atoms with Crippen LogP contribution in [0.1, 0.15) is 92.9 Å². The molecule has 3 nitrogen and oxygen atoms in total. The molecule has 0 aromatic heterocycles. The van der Waals surface area contributed by atoms with Gasteiger partial charge in [0.25, 0.3) is 0 Å². The number of hydrogen-bond acceptors (Lipinski definition) is 3. The molecular formula is C20H39NO2. The minimum atomic E-state index is -0.0239. The van der Waals surface area contributed by atoms with E-state index >= 15 is 0 Å². The zero-order valence-corrected chi connectivity index (χ0v) is 16.3. The number of rotatable bonds is 13. The highest BCUT2D eigenvalue weighted by Crippen LogP contribution is 2.44. The number of ketones is 2. The topological polar surface area (TPSA) is 60.2 Å². The van der Waals surface area contributed by atoms with Gasteiger partial charge in [0.2, 0.25) is 0 Å². The van der Waals surface area contributed by atoms with Gasteiger partial charge in [-0.05, 0) is 30.2 Å². The predicted molar refractivity (Wildman–Crippen MR) is 98.4 cm³/mol. The lowest BCUT2D eigenvalue weighted by Gasteiger charge is -2.41. The van der Waals surface area contributed by atoms with Crippen molar-refractivity contribution in [2.75, 3.05) is 6.54 Å². The third kappa shape index (κ3) is 6.74. The lowest BCUT2D eigenvalue weighted by molar-refractivity contribution is -0.133. The highest BCUT2D eigenvalue weighted by Gasteiger charge is 2.40. The Morgan fingerprint density at radius 1 is 0.957 bits per heavy atom. The van der Waals surface area contributed by atoms with E-state index in [1.165, 1.54) is 0 Å². The third-order valence-corrected chi connectivity index (χ3v) is 6.28. The molecular weight excluding hydrogens is 286 g/mol. The molecule has 136 valence electrons. The summed E-state index contributed by atoms with van der Waals surface area (Å²) in [6.07, 6.45) is 6.17. The van der Waals surface area contributed by atoms with Crippen molar-refractivity contribution < 1.29 is 9.59 Å². The Hall–Kier alpha value is -0.700. The molecule has 0 aromatic rings. The van der Waals surface area contributed by atoms with Gasteiger partial charge in [-0.15, -0.1) is 0 Å². The average Bonchev–Trinajstić information content (AvgIpc) is 2.56. The van der Waals surface area contributed by atoms with Crippen LogP contribution in [0.2, 0.25) is 0 Å². The Bertz CT molecular complexity index is 368. The van der Waals surface area contributed by atoms with Crippen molar-refractivity contribution in [3.63, 3.8) is 0 Å². The summed E-state index contributed by atoms with van der Waals surface area (Å²) >= 11 is 0. The molecule has 0 aliphatic carbocycles. The number of nitrogens with two attached hydrogens (primary N) is 1. The van der Waals surface area contributed by atoms with Crippen molar-refractivity contribution >= 4 is 11.6 Å². The van der Waals surface area contributed by atoms with Crippen molar-refractivity contribution in [1.29, 1.82) is 0 Å². The van der Waals surface area contributed by atoms with Gasteiger partial charge in [-0.25, -0.2) is 0 Å². The fourth-order valence-corrected chi connectivity index (χ4v) is 3.23. The maximum Gasteiger partial charge on any atom is 0.143 e. The van der Waals surface area contributed by atoms with Gasteiger partial charge in [0.1, 0.15) is 11.6 Å². The van der Waals surface area contributed by atoms with E-state index in [1.807, 2.05) is 0 Å². The van der Waals surface area contributed by atoms with Crippen molar-refractivity contribution in [3.8, 4) is 0 Å². The zero-order valence-electron chi connectivity index (χ0n) is 16.3. The molecule has 0 radical (unpaired) electrons. The van der Waals surface area contributed by atoms with Gasteiger partial charge in [-0.2, -0.15) is 0 Å². The Labute approximate surface area is 143 Å². The van der Waals surface area contributed by atoms with Crippen LogP contribution in [0, 0.1) is 16.7 Å². The van der Waals surface area contributed by atoms with E-state index in [1.54, 1.807) is 0 Å². The van der Waals surface area contributed by atoms with Crippen molar-refractivity contribution in [3.05, 3.63) is 0 Å². The van der Waals surface area contributed by atoms with Crippen LogP contribution in [0.3, 0.4) is 0 Å². The minimum Gasteiger partial charge on any atom is -0.330 e. The van der Waals surface area contributed by atoms with Crippen molar-refractivity contribution in [1.82, 2.24) is 0 Å². The van der Waals surface area contributed by atoms with E-state index in [9.17, 15) is 9.59 Å². The van der Waals surface area contributed by atoms with Crippen LogP contribution in [0.5, 0.6) is 0 Å². The van der Waals surface area contributed by atoms with E-state index in [0.717, 1.165) is 32.1 Å². The maximum atomic E-state index is 12.9. The van der Waals surface area contributed by atoms with Crippen LogP contribution in [0.4, 0.5) is 0 Å². The summed E-state index contributed by atoms with van der Waals surface area (Å²) in [6.45, 7) is 13.7. The molecule has 0 heterocycles. The molecule has 0 saturated heterocycles. The van der Waals surface area contributed by atoms with E-state index in [0.29, 0.717) is 19.4 Å². The van der Waals surface area contributed by atoms with Gasteiger partial charge in [0, 0.05) is 12.3 Å². The zero-order chi connectivity index (χ0) is 18.1. The van der Waals surface area contributed by atoms with Gasteiger partial charge in [-0.1, -0.05) is 67.2 Å². The Morgan fingerprint density at radius 3 is 1.87 bits per heavy atom. The van der Waals surface area contributed by atoms with Crippen LogP contribution in [0.25, 0.3) is 0 Å². The van der Waals surface area contributed by atoms with Gasteiger partial charge in [0.05, 0.1) is 6.42 Å². The van der Waals surface area contributed by atoms with Crippen LogP contribution in [0.15, 0.2) is 0 Å². The second-order valence-electron chi connectivity index (χ2n) is 7.71. The van der Waals surface area contributed by atoms with Gasteiger partial charge >= 0.3 is 0 Å². The molecule has 0 aliphatic rings. The summed E-state index contributed by atoms with van der Waals surface area (Å²) < 4.78 is 0. The van der Waals surface area contributed by atoms with E-state index in [2.05, 4.69) is 41.5 Å². The quantitative estimate of drug-likeness (QED) is 0.489. The molecule has 23 heavy (non-hydrogen) atoms. The second-order valence-corrected chi connectivity index (χ2v) is 7.71. The third-order valence-electron chi connectivity index (χ3n) is 6.28. The molecule has 0 amide bonds. The second kappa shape index (κ2) is 10.2. The fourth-order valence-electron chi connectivity index (χ4n) is 3.23. The van der Waals surface area contributed by atoms with Crippen LogP contribution < -0.4 is 5.73 Å². The maximum absolute atomic E-state index is 12.9. The summed E-state index contributed by atoms with van der Waals surface area (Å²) in [5.74, 6) is 0.172. The van der Waals surface area contributed by atoms with E-state index in [4.69, 9.17) is 5.73 Å². The number of carbonyl (C=O) groups excluding carboxylic acids is 2. The summed E-state index contributed by atoms with van der Waals surface area (Å²) in [5, 5.41) is 0. The SMILES string of the molecule is CCC(C)(CC)CC(C(=O)CC(=O)CCCN)C(C)(CC)CC. The molecule has 2 N–H and O–H groups in total. The summed E-state index contributed by atoms with van der Waals surface area (Å²) in [6, 6.07) is 0. The molecule has 3 heteroatoms. The molecule has 0 saturated carbocycles. The summed E-state index contributed by atoms with van der Waals surface area (Å²) in [7, 11) is 0. The molecule has 0 spiro atoms. The van der Waals surface area contributed by atoms with Gasteiger partial charge in [-0.3, -0.25) is 9.59 Å². The largest absolute Gasteiger partial charge is 0.330 e. The van der Waals surface area contributed by atoms with Crippen molar-refractivity contribution in [2.45, 2.75) is 92.9 Å². The fraction of sp³-hybridized carbons (Fsp3) is 0.900. The lowest BCUT2D eigenvalue weighted by Crippen LogP contribution is -2.37. The molecule has 0 bridgehead atoms. The normalized spacial score (nSPS) is 13.9. The highest BCUT2D eigenvalue weighted by molar-refractivity contribution is 6.00. The molecule has 0 aliphatic heterocycles. The number of Topliss-reactive ketones (excluding diaryl/α,β-unsaturated/α-hetero) is 2.